The molecule has 3 N–H and O–H groups in total. The Balaban J connectivity index is 2.14. The summed E-state index contributed by atoms with van der Waals surface area (Å²) in [6, 6.07) is 5.32. The lowest BCUT2D eigenvalue weighted by Gasteiger charge is -2.07. The summed E-state index contributed by atoms with van der Waals surface area (Å²) in [7, 11) is 0. The summed E-state index contributed by atoms with van der Waals surface area (Å²) in [6.07, 6.45) is 1.62. The van der Waals surface area contributed by atoms with E-state index in [4.69, 9.17) is 5.73 Å². The molecule has 0 unspecified atom stereocenters. The monoisotopic (exact) mass is 311 g/mol. The number of nitrogens with one attached hydrogen (secondary N) is 1. The molecule has 0 spiro atoms. The molecule has 0 aliphatic heterocycles. The first-order chi connectivity index (χ1) is 8.18. The molecule has 0 bridgehead atoms. The van der Waals surface area contributed by atoms with Gasteiger partial charge in [0, 0.05) is 15.5 Å². The van der Waals surface area contributed by atoms with E-state index in [0.29, 0.717) is 17.9 Å². The van der Waals surface area contributed by atoms with Crippen molar-refractivity contribution in [3.8, 4) is 0 Å². The molecule has 0 aliphatic carbocycles. The molecule has 4 nitrogen and oxygen atoms in total. The topological polar surface area (TPSA) is 68.0 Å². The van der Waals surface area contributed by atoms with Crippen LogP contribution < -0.4 is 11.1 Å². The van der Waals surface area contributed by atoms with Crippen LogP contribution in [0.25, 0.3) is 0 Å². The predicted octanol–water partition coefficient (Wildman–Crippen LogP) is 2.62. The minimum atomic E-state index is -0.481. The van der Waals surface area contributed by atoms with Crippen molar-refractivity contribution in [2.45, 2.75) is 6.54 Å². The Morgan fingerprint density at radius 1 is 1.53 bits per heavy atom. The third-order valence-corrected chi connectivity index (χ3v) is 4.11. The van der Waals surface area contributed by atoms with E-state index in [2.05, 4.69) is 26.2 Å². The van der Waals surface area contributed by atoms with Crippen molar-refractivity contribution in [2.75, 3.05) is 5.32 Å². The van der Waals surface area contributed by atoms with Gasteiger partial charge in [-0.3, -0.25) is 4.79 Å². The molecule has 0 fully saturated rings. The van der Waals surface area contributed by atoms with Gasteiger partial charge in [0.15, 0.2) is 0 Å². The van der Waals surface area contributed by atoms with Crippen LogP contribution in [-0.4, -0.2) is 10.9 Å². The number of amides is 1. The first kappa shape index (κ1) is 12.1. The number of thiophene rings is 1. The summed E-state index contributed by atoms with van der Waals surface area (Å²) in [5, 5.41) is 5.10. The second-order valence-electron chi connectivity index (χ2n) is 3.31. The van der Waals surface area contributed by atoms with E-state index in [0.717, 1.165) is 9.35 Å². The number of pyridine rings is 1. The second-order valence-corrected chi connectivity index (χ2v) is 5.16. The summed E-state index contributed by atoms with van der Waals surface area (Å²) in [6.45, 7) is 0.607. The summed E-state index contributed by atoms with van der Waals surface area (Å²) in [5.41, 5.74) is 5.67. The highest BCUT2D eigenvalue weighted by molar-refractivity contribution is 9.10. The van der Waals surface area contributed by atoms with Crippen LogP contribution in [0.1, 0.15) is 15.2 Å². The van der Waals surface area contributed by atoms with Gasteiger partial charge in [0.25, 0.3) is 5.91 Å². The van der Waals surface area contributed by atoms with Crippen LogP contribution in [-0.2, 0) is 6.54 Å². The number of rotatable bonds is 4. The zero-order valence-electron chi connectivity index (χ0n) is 8.81. The van der Waals surface area contributed by atoms with E-state index < -0.39 is 5.91 Å². The Hall–Kier alpha value is -1.40. The number of nitrogens with two attached hydrogens (primary N) is 1. The minimum Gasteiger partial charge on any atom is -0.365 e. The van der Waals surface area contributed by atoms with E-state index >= 15 is 0 Å². The molecule has 0 radical (unpaired) electrons. The smallest absolute Gasteiger partial charge is 0.252 e. The third kappa shape index (κ3) is 2.83. The number of carbonyl (C=O) groups is 1. The van der Waals surface area contributed by atoms with Gasteiger partial charge in [-0.15, -0.1) is 11.3 Å². The van der Waals surface area contributed by atoms with Crippen molar-refractivity contribution in [3.05, 3.63) is 44.7 Å². The van der Waals surface area contributed by atoms with Crippen LogP contribution in [0.3, 0.4) is 0 Å². The minimum absolute atomic E-state index is 0.403. The number of hydrogen-bond acceptors (Lipinski definition) is 4. The molecule has 2 rings (SSSR count). The Morgan fingerprint density at radius 2 is 2.35 bits per heavy atom. The molecule has 0 saturated heterocycles. The van der Waals surface area contributed by atoms with Gasteiger partial charge >= 0.3 is 0 Å². The number of hydrogen-bond donors (Lipinski definition) is 2. The molecule has 0 saturated carbocycles. The molecule has 17 heavy (non-hydrogen) atoms. The normalized spacial score (nSPS) is 10.2. The average Bonchev–Trinajstić information content (AvgIpc) is 2.72. The van der Waals surface area contributed by atoms with Crippen molar-refractivity contribution >= 4 is 39.0 Å². The molecule has 2 aromatic rings. The van der Waals surface area contributed by atoms with Gasteiger partial charge < -0.3 is 11.1 Å². The van der Waals surface area contributed by atoms with E-state index in [-0.39, 0.29) is 0 Å². The van der Waals surface area contributed by atoms with Crippen molar-refractivity contribution < 1.29 is 4.79 Å². The molecule has 0 aliphatic rings. The summed E-state index contributed by atoms with van der Waals surface area (Å²) in [5.74, 6) is 0.0335. The molecule has 88 valence electrons. The maximum absolute atomic E-state index is 11.2. The Bertz CT molecular complexity index is 541. The van der Waals surface area contributed by atoms with Crippen LogP contribution >= 0.6 is 27.3 Å². The highest BCUT2D eigenvalue weighted by Crippen LogP contribution is 2.23. The van der Waals surface area contributed by atoms with Crippen LogP contribution in [0.5, 0.6) is 0 Å². The molecular formula is C11H10BrN3OS. The van der Waals surface area contributed by atoms with Gasteiger partial charge in [-0.2, -0.15) is 0 Å². The number of carbonyl (C=O) groups excluding carboxylic acids is 1. The summed E-state index contributed by atoms with van der Waals surface area (Å²) < 4.78 is 1.05. The zero-order chi connectivity index (χ0) is 12.3. The fraction of sp³-hybridized carbons (Fsp3) is 0.0909. The lowest BCUT2D eigenvalue weighted by molar-refractivity contribution is 0.100. The number of nitrogens with zero attached hydrogens (tertiary/aromatic N) is 1. The summed E-state index contributed by atoms with van der Waals surface area (Å²) in [4.78, 5) is 16.4. The van der Waals surface area contributed by atoms with Gasteiger partial charge in [-0.1, -0.05) is 0 Å². The van der Waals surface area contributed by atoms with Crippen LogP contribution in [0.2, 0.25) is 0 Å². The van der Waals surface area contributed by atoms with E-state index in [1.165, 1.54) is 0 Å². The van der Waals surface area contributed by atoms with Crippen LogP contribution in [0.15, 0.2) is 34.2 Å². The van der Waals surface area contributed by atoms with Gasteiger partial charge in [0.1, 0.15) is 5.82 Å². The standard InChI is InChI=1S/C11H10BrN3OS/c12-8-3-5-17-9(8)6-15-11-7(10(13)16)2-1-4-14-11/h1-5H,6H2,(H2,13,16)(H,14,15). The largest absolute Gasteiger partial charge is 0.365 e. The summed E-state index contributed by atoms with van der Waals surface area (Å²) >= 11 is 5.08. The maximum atomic E-state index is 11.2. The Labute approximate surface area is 111 Å². The van der Waals surface area contributed by atoms with Crippen LogP contribution in [0.4, 0.5) is 5.82 Å². The lowest BCUT2D eigenvalue weighted by atomic mass is 10.2. The number of anilines is 1. The molecule has 0 atom stereocenters. The fourth-order valence-corrected chi connectivity index (χ4v) is 2.79. The van der Waals surface area contributed by atoms with Gasteiger partial charge in [0.2, 0.25) is 0 Å². The van der Waals surface area contributed by atoms with Crippen molar-refractivity contribution in [2.24, 2.45) is 5.73 Å². The third-order valence-electron chi connectivity index (χ3n) is 2.18. The lowest BCUT2D eigenvalue weighted by Crippen LogP contribution is -2.15. The predicted molar refractivity (Wildman–Crippen MR) is 72.1 cm³/mol. The quantitative estimate of drug-likeness (QED) is 0.912. The van der Waals surface area contributed by atoms with Crippen molar-refractivity contribution in [1.29, 1.82) is 0 Å². The number of primary amides is 1. The first-order valence-electron chi connectivity index (χ1n) is 4.89. The molecule has 1 amide bonds. The molecular weight excluding hydrogens is 302 g/mol. The maximum Gasteiger partial charge on any atom is 0.252 e. The van der Waals surface area contributed by atoms with Crippen molar-refractivity contribution in [1.82, 2.24) is 4.98 Å². The van der Waals surface area contributed by atoms with Gasteiger partial charge in [-0.25, -0.2) is 4.98 Å². The highest BCUT2D eigenvalue weighted by atomic mass is 79.9. The average molecular weight is 312 g/mol. The first-order valence-corrected chi connectivity index (χ1v) is 6.56. The molecule has 2 aromatic heterocycles. The molecule has 2 heterocycles. The molecule has 0 aromatic carbocycles. The van der Waals surface area contributed by atoms with Crippen molar-refractivity contribution in [3.63, 3.8) is 0 Å². The number of halogens is 1. The molecule has 6 heteroatoms. The van der Waals surface area contributed by atoms with Gasteiger partial charge in [0.05, 0.1) is 12.1 Å². The highest BCUT2D eigenvalue weighted by Gasteiger charge is 2.09. The van der Waals surface area contributed by atoms with Crippen LogP contribution in [0, 0.1) is 0 Å². The number of aromatic nitrogens is 1. The van der Waals surface area contributed by atoms with E-state index in [1.54, 1.807) is 29.7 Å². The Morgan fingerprint density at radius 3 is 3.00 bits per heavy atom. The van der Waals surface area contributed by atoms with Gasteiger partial charge in [-0.05, 0) is 39.5 Å². The zero-order valence-corrected chi connectivity index (χ0v) is 11.2. The SMILES string of the molecule is NC(=O)c1cccnc1NCc1sccc1Br. The fourth-order valence-electron chi connectivity index (χ4n) is 1.36. The van der Waals surface area contributed by atoms with E-state index in [1.807, 2.05) is 11.4 Å². The Kier molecular flexibility index (Phi) is 3.75. The van der Waals surface area contributed by atoms with E-state index in [9.17, 15) is 4.79 Å². The second kappa shape index (κ2) is 5.29.